The van der Waals surface area contributed by atoms with Crippen LogP contribution in [-0.2, 0) is 5.41 Å². The van der Waals surface area contributed by atoms with Crippen LogP contribution in [-0.4, -0.2) is 8.07 Å². The van der Waals surface area contributed by atoms with Crippen LogP contribution in [0.1, 0.15) is 41.7 Å². The molecule has 1 aliphatic rings. The summed E-state index contributed by atoms with van der Waals surface area (Å²) in [4.78, 5) is 4.60. The first-order valence-electron chi connectivity index (χ1n) is 19.0. The second-order valence-corrected chi connectivity index (χ2v) is 21.0. The molecule has 7 aromatic rings. The van der Waals surface area contributed by atoms with Gasteiger partial charge in [-0.05, 0) is 118 Å². The molecule has 0 saturated carbocycles. The first-order valence-corrected chi connectivity index (χ1v) is 22.5. The molecule has 4 heteroatoms. The van der Waals surface area contributed by atoms with Crippen molar-refractivity contribution in [1.82, 2.24) is 0 Å². The fraction of sp³-hybridized carbons (Fsp3) is 0.118. The van der Waals surface area contributed by atoms with E-state index in [1.165, 1.54) is 33.0 Å². The monoisotopic (exact) mass is 727 g/mol. The third-order valence-corrected chi connectivity index (χ3v) is 12.9. The van der Waals surface area contributed by atoms with E-state index in [-0.39, 0.29) is 5.41 Å². The van der Waals surface area contributed by atoms with Crippen LogP contribution < -0.4 is 15.0 Å². The average molecular weight is 728 g/mol. The summed E-state index contributed by atoms with van der Waals surface area (Å²) in [5, 5.41) is 10.8. The molecule has 0 heterocycles. The Morgan fingerprint density at radius 3 is 1.44 bits per heavy atom. The molecule has 0 fully saturated rings. The van der Waals surface area contributed by atoms with Crippen LogP contribution in [0.4, 0.5) is 34.1 Å². The van der Waals surface area contributed by atoms with Crippen LogP contribution in [0.15, 0.2) is 170 Å². The Morgan fingerprint density at radius 2 is 0.891 bits per heavy atom. The van der Waals surface area contributed by atoms with Gasteiger partial charge in [0, 0.05) is 39.5 Å². The molecule has 0 aromatic heterocycles. The first kappa shape index (κ1) is 35.6. The lowest BCUT2D eigenvalue weighted by molar-refractivity contribution is 0.660. The maximum atomic E-state index is 9.42. The second-order valence-electron chi connectivity index (χ2n) is 15.9. The third kappa shape index (κ3) is 7.03. The van der Waals surface area contributed by atoms with Crippen LogP contribution in [0, 0.1) is 11.3 Å². The average Bonchev–Trinajstić information content (AvgIpc) is 3.43. The molecule has 7 aromatic carbocycles. The number of hydrogen-bond acceptors (Lipinski definition) is 3. The molecule has 0 atom stereocenters. The normalized spacial score (nSPS) is 12.9. The summed E-state index contributed by atoms with van der Waals surface area (Å²) >= 11 is 0. The molecular weight excluding hydrogens is 683 g/mol. The highest BCUT2D eigenvalue weighted by atomic mass is 28.3. The van der Waals surface area contributed by atoms with Crippen molar-refractivity contribution in [3.05, 3.63) is 198 Å². The van der Waals surface area contributed by atoms with E-state index in [0.29, 0.717) is 5.56 Å². The number of fused-ring (bicyclic) bond motifs is 3. The minimum atomic E-state index is -1.43. The summed E-state index contributed by atoms with van der Waals surface area (Å²) in [6.45, 7) is 11.8. The maximum absolute atomic E-state index is 9.42. The number of benzene rings is 7. The molecule has 0 amide bonds. The molecule has 3 nitrogen and oxygen atoms in total. The van der Waals surface area contributed by atoms with Gasteiger partial charge in [0.15, 0.2) is 0 Å². The molecule has 0 aliphatic heterocycles. The topological polar surface area (TPSA) is 30.3 Å². The van der Waals surface area contributed by atoms with Gasteiger partial charge in [0.1, 0.15) is 0 Å². The summed E-state index contributed by atoms with van der Waals surface area (Å²) in [5.74, 6) is 0. The molecule has 55 heavy (non-hydrogen) atoms. The molecule has 0 radical (unpaired) electrons. The lowest BCUT2D eigenvalue weighted by Crippen LogP contribution is -2.37. The summed E-state index contributed by atoms with van der Waals surface area (Å²) in [6, 6.07) is 62.8. The highest BCUT2D eigenvalue weighted by Crippen LogP contribution is 2.51. The molecule has 0 N–H and O–H groups in total. The number of rotatable bonds is 9. The molecule has 0 unspecified atom stereocenters. The molecule has 1 aliphatic carbocycles. The van der Waals surface area contributed by atoms with Crippen LogP contribution in [0.3, 0.4) is 0 Å². The van der Waals surface area contributed by atoms with Gasteiger partial charge in [-0.15, -0.1) is 0 Å². The highest BCUT2D eigenvalue weighted by molar-refractivity contribution is 6.88. The van der Waals surface area contributed by atoms with Gasteiger partial charge in [-0.3, -0.25) is 0 Å². The predicted molar refractivity (Wildman–Crippen MR) is 236 cm³/mol. The smallest absolute Gasteiger partial charge is 0.0991 e. The van der Waals surface area contributed by atoms with Crippen molar-refractivity contribution in [3.63, 3.8) is 0 Å². The van der Waals surface area contributed by atoms with E-state index >= 15 is 0 Å². The molecule has 268 valence electrons. The van der Waals surface area contributed by atoms with Gasteiger partial charge in [0.05, 0.1) is 19.7 Å². The Balaban J connectivity index is 1.07. The molecule has 0 bridgehead atoms. The quantitative estimate of drug-likeness (QED) is 0.110. The SMILES string of the molecule is CC1(C)c2cc(/C=C/c3ccc(N(c4ccc(C#N)cc4)c4ccc([Si](C)(C)C)cc4)cc3)ccc2-c2ccc(N(c3ccccc3)c3ccccc3)cc21. The minimum Gasteiger partial charge on any atom is -0.311 e. The largest absolute Gasteiger partial charge is 0.311 e. The minimum absolute atomic E-state index is 0.159. The fourth-order valence-electron chi connectivity index (χ4n) is 7.76. The third-order valence-electron chi connectivity index (χ3n) is 10.8. The molecule has 0 spiro atoms. The Bertz CT molecular complexity index is 2480. The van der Waals surface area contributed by atoms with Crippen LogP contribution in [0.2, 0.25) is 19.6 Å². The van der Waals surface area contributed by atoms with Crippen molar-refractivity contribution in [3.8, 4) is 17.2 Å². The lowest BCUT2D eigenvalue weighted by atomic mass is 9.81. The molecule has 0 saturated heterocycles. The number of nitriles is 1. The van der Waals surface area contributed by atoms with E-state index < -0.39 is 8.07 Å². The Labute approximate surface area is 327 Å². The Kier molecular flexibility index (Phi) is 9.35. The van der Waals surface area contributed by atoms with E-state index in [0.717, 1.165) is 39.7 Å². The van der Waals surface area contributed by atoms with Gasteiger partial charge in [0.25, 0.3) is 0 Å². The zero-order valence-electron chi connectivity index (χ0n) is 32.2. The number of para-hydroxylation sites is 2. The summed E-state index contributed by atoms with van der Waals surface area (Å²) in [6.07, 6.45) is 4.42. The van der Waals surface area contributed by atoms with E-state index in [1.807, 2.05) is 24.3 Å². The van der Waals surface area contributed by atoms with Gasteiger partial charge >= 0.3 is 0 Å². The van der Waals surface area contributed by atoms with E-state index in [4.69, 9.17) is 0 Å². The van der Waals surface area contributed by atoms with Crippen molar-refractivity contribution in [1.29, 1.82) is 5.26 Å². The highest BCUT2D eigenvalue weighted by Gasteiger charge is 2.36. The fourth-order valence-corrected chi connectivity index (χ4v) is 8.92. The van der Waals surface area contributed by atoms with Crippen molar-refractivity contribution in [2.45, 2.75) is 38.9 Å². The Hall–Kier alpha value is -6.41. The van der Waals surface area contributed by atoms with Crippen molar-refractivity contribution < 1.29 is 0 Å². The number of anilines is 6. The zero-order chi connectivity index (χ0) is 38.2. The zero-order valence-corrected chi connectivity index (χ0v) is 33.2. The van der Waals surface area contributed by atoms with Gasteiger partial charge in [-0.1, -0.05) is 136 Å². The maximum Gasteiger partial charge on any atom is 0.0991 e. The summed E-state index contributed by atoms with van der Waals surface area (Å²) < 4.78 is 0. The van der Waals surface area contributed by atoms with Crippen molar-refractivity contribution >= 4 is 59.5 Å². The van der Waals surface area contributed by atoms with E-state index in [9.17, 15) is 5.26 Å². The van der Waals surface area contributed by atoms with Crippen molar-refractivity contribution in [2.75, 3.05) is 9.80 Å². The van der Waals surface area contributed by atoms with E-state index in [1.54, 1.807) is 0 Å². The first-order chi connectivity index (χ1) is 26.6. The van der Waals surface area contributed by atoms with Crippen molar-refractivity contribution in [2.24, 2.45) is 0 Å². The van der Waals surface area contributed by atoms with Crippen LogP contribution in [0.5, 0.6) is 0 Å². The molecule has 8 rings (SSSR count). The van der Waals surface area contributed by atoms with Gasteiger partial charge in [-0.25, -0.2) is 0 Å². The second kappa shape index (κ2) is 14.4. The van der Waals surface area contributed by atoms with Crippen LogP contribution in [0.25, 0.3) is 23.3 Å². The summed E-state index contributed by atoms with van der Waals surface area (Å²) in [5.41, 5.74) is 14.7. The van der Waals surface area contributed by atoms with Crippen LogP contribution >= 0.6 is 0 Å². The lowest BCUT2D eigenvalue weighted by Gasteiger charge is -2.28. The summed E-state index contributed by atoms with van der Waals surface area (Å²) in [7, 11) is -1.43. The number of nitrogens with zero attached hydrogens (tertiary/aromatic N) is 3. The predicted octanol–water partition coefficient (Wildman–Crippen LogP) is 13.5. The van der Waals surface area contributed by atoms with Gasteiger partial charge in [0.2, 0.25) is 0 Å². The number of hydrogen-bond donors (Lipinski definition) is 0. The standard InChI is InChI=1S/C51H45N3Si/c1-51(2)49-34-38(22-32-47(49)48-33-29-45(35-50(48)51)54(40-12-8-6-9-13-40)41-14-10-7-11-15-41)17-16-37-18-23-42(24-19-37)53(43-25-20-39(36-52)21-26-43)44-27-30-46(31-28-44)55(3,4)5/h6-35H,1-5H3/b17-16+. The Morgan fingerprint density at radius 1 is 0.473 bits per heavy atom. The van der Waals surface area contributed by atoms with E-state index in [2.05, 4.69) is 207 Å². The van der Waals surface area contributed by atoms with Gasteiger partial charge < -0.3 is 9.80 Å². The van der Waals surface area contributed by atoms with Gasteiger partial charge in [-0.2, -0.15) is 5.26 Å². The molecular formula is C51H45N3Si.